The van der Waals surface area contributed by atoms with Crippen LogP contribution in [0.25, 0.3) is 38.6 Å². The van der Waals surface area contributed by atoms with Crippen molar-refractivity contribution in [3.8, 4) is 16.8 Å². The summed E-state index contributed by atoms with van der Waals surface area (Å²) < 4.78 is 2.48. The Morgan fingerprint density at radius 1 is 0.455 bits per heavy atom. The summed E-state index contributed by atoms with van der Waals surface area (Å²) in [5, 5.41) is 2.54. The number of hydrogen-bond acceptors (Lipinski definition) is 2. The van der Waals surface area contributed by atoms with Crippen LogP contribution in [0, 0.1) is 20.8 Å². The minimum absolute atomic E-state index is 0.0109. The van der Waals surface area contributed by atoms with Crippen molar-refractivity contribution in [3.63, 3.8) is 0 Å². The van der Waals surface area contributed by atoms with Gasteiger partial charge in [0.2, 0.25) is 0 Å². The third-order valence-corrected chi connectivity index (χ3v) is 15.3. The van der Waals surface area contributed by atoms with Crippen LogP contribution in [0.4, 0.5) is 34.1 Å². The lowest BCUT2D eigenvalue weighted by atomic mass is 9.33. The highest BCUT2D eigenvalue weighted by atomic mass is 15.2. The zero-order chi connectivity index (χ0) is 45.8. The first-order chi connectivity index (χ1) is 31.5. The van der Waals surface area contributed by atoms with Crippen LogP contribution in [-0.2, 0) is 16.2 Å². The Morgan fingerprint density at radius 2 is 1.09 bits per heavy atom. The van der Waals surface area contributed by atoms with Gasteiger partial charge in [-0.15, -0.1) is 0 Å². The topological polar surface area (TPSA) is 11.4 Å². The Balaban J connectivity index is 1.21. The van der Waals surface area contributed by atoms with E-state index < -0.39 is 0 Å². The maximum absolute atomic E-state index is 2.65. The van der Waals surface area contributed by atoms with Gasteiger partial charge in [0.25, 0.3) is 6.71 Å². The maximum Gasteiger partial charge on any atom is 0.252 e. The number of aromatic nitrogens is 1. The van der Waals surface area contributed by atoms with Gasteiger partial charge < -0.3 is 14.4 Å². The fourth-order valence-corrected chi connectivity index (χ4v) is 12.0. The van der Waals surface area contributed by atoms with E-state index in [2.05, 4.69) is 242 Å². The number of para-hydroxylation sites is 2. The number of nitrogens with zero attached hydrogens (tertiary/aromatic N) is 3. The van der Waals surface area contributed by atoms with Gasteiger partial charge in [-0.25, -0.2) is 0 Å². The fraction of sp³-hybridized carbons (Fsp3) is 0.226. The van der Waals surface area contributed by atoms with E-state index in [1.165, 1.54) is 128 Å². The molecule has 4 heteroatoms. The van der Waals surface area contributed by atoms with Crippen LogP contribution >= 0.6 is 0 Å². The van der Waals surface area contributed by atoms with Crippen LogP contribution in [0.15, 0.2) is 152 Å². The molecule has 1 aromatic heterocycles. The number of hydrogen-bond donors (Lipinski definition) is 0. The third kappa shape index (κ3) is 5.76. The largest absolute Gasteiger partial charge is 0.311 e. The molecule has 0 bridgehead atoms. The molecular weight excluding hydrogens is 798 g/mol. The first-order valence-corrected chi connectivity index (χ1v) is 23.9. The van der Waals surface area contributed by atoms with Crippen molar-refractivity contribution in [2.75, 3.05) is 9.80 Å². The van der Waals surface area contributed by atoms with Gasteiger partial charge in [-0.1, -0.05) is 152 Å². The summed E-state index contributed by atoms with van der Waals surface area (Å²) in [4.78, 5) is 5.26. The summed E-state index contributed by atoms with van der Waals surface area (Å²) in [5.41, 5.74) is 26.9. The molecule has 0 radical (unpaired) electrons. The SMILES string of the molecule is Cc1cc2c3c(c1)N(c1c(C)cc(C(C)(C)C)cc1C)c1cc4c(cc1B3c1cc(C(C)(C)C)ccc1N2c1ccc2c(c1)C(C)(C)c1ccccc1-2)c1ccccc1n4-c1ccccc1. The van der Waals surface area contributed by atoms with Gasteiger partial charge in [-0.05, 0) is 153 Å². The molecule has 0 fully saturated rings. The van der Waals surface area contributed by atoms with E-state index in [1.54, 1.807) is 0 Å². The lowest BCUT2D eigenvalue weighted by molar-refractivity contribution is 0.589. The van der Waals surface area contributed by atoms with E-state index in [0.29, 0.717) is 0 Å². The van der Waals surface area contributed by atoms with Gasteiger partial charge in [-0.3, -0.25) is 0 Å². The molecule has 0 unspecified atom stereocenters. The quantitative estimate of drug-likeness (QED) is 0.164. The van der Waals surface area contributed by atoms with Crippen molar-refractivity contribution in [2.24, 2.45) is 0 Å². The Hall–Kier alpha value is -6.78. The minimum atomic E-state index is -0.125. The van der Waals surface area contributed by atoms with Crippen LogP contribution in [-0.4, -0.2) is 11.3 Å². The Morgan fingerprint density at radius 3 is 1.82 bits per heavy atom. The van der Waals surface area contributed by atoms with Crippen molar-refractivity contribution in [2.45, 2.75) is 92.4 Å². The summed E-state index contributed by atoms with van der Waals surface area (Å²) >= 11 is 0. The zero-order valence-corrected chi connectivity index (χ0v) is 40.4. The van der Waals surface area contributed by atoms with Crippen LogP contribution in [0.3, 0.4) is 0 Å². The number of rotatable bonds is 3. The molecule has 9 aromatic rings. The molecule has 66 heavy (non-hydrogen) atoms. The van der Waals surface area contributed by atoms with E-state index >= 15 is 0 Å². The highest BCUT2D eigenvalue weighted by Gasteiger charge is 2.45. The molecule has 0 spiro atoms. The normalized spacial score (nSPS) is 14.6. The van der Waals surface area contributed by atoms with Crippen molar-refractivity contribution in [1.82, 2.24) is 4.57 Å². The molecule has 0 saturated carbocycles. The molecule has 3 aliphatic rings. The van der Waals surface area contributed by atoms with Crippen molar-refractivity contribution in [1.29, 1.82) is 0 Å². The van der Waals surface area contributed by atoms with E-state index in [-0.39, 0.29) is 23.0 Å². The lowest BCUT2D eigenvalue weighted by Gasteiger charge is -2.45. The van der Waals surface area contributed by atoms with E-state index in [1.807, 2.05) is 0 Å². The molecule has 0 atom stereocenters. The molecule has 8 aromatic carbocycles. The molecule has 0 N–H and O–H groups in total. The second-order valence-corrected chi connectivity index (χ2v) is 22.1. The predicted molar refractivity (Wildman–Crippen MR) is 284 cm³/mol. The van der Waals surface area contributed by atoms with Gasteiger partial charge in [0.05, 0.1) is 16.7 Å². The summed E-state index contributed by atoms with van der Waals surface area (Å²) in [6, 6.07) is 58.4. The molecule has 2 aliphatic heterocycles. The Bertz CT molecular complexity index is 3500. The van der Waals surface area contributed by atoms with Gasteiger partial charge in [0.1, 0.15) is 0 Å². The average molecular weight is 856 g/mol. The molecule has 1 aliphatic carbocycles. The minimum Gasteiger partial charge on any atom is -0.311 e. The highest BCUT2D eigenvalue weighted by molar-refractivity contribution is 7.00. The average Bonchev–Trinajstić information content (AvgIpc) is 3.72. The maximum atomic E-state index is 2.65. The van der Waals surface area contributed by atoms with Gasteiger partial charge in [-0.2, -0.15) is 0 Å². The van der Waals surface area contributed by atoms with Gasteiger partial charge >= 0.3 is 0 Å². The number of anilines is 6. The first kappa shape index (κ1) is 40.7. The third-order valence-electron chi connectivity index (χ3n) is 15.3. The zero-order valence-electron chi connectivity index (χ0n) is 40.4. The summed E-state index contributed by atoms with van der Waals surface area (Å²) in [6.45, 7) is 25.8. The van der Waals surface area contributed by atoms with Crippen LogP contribution in [0.2, 0.25) is 0 Å². The highest BCUT2D eigenvalue weighted by Crippen LogP contribution is 2.53. The predicted octanol–water partition coefficient (Wildman–Crippen LogP) is 14.7. The molecule has 324 valence electrons. The van der Waals surface area contributed by atoms with E-state index in [0.717, 1.165) is 0 Å². The summed E-state index contributed by atoms with van der Waals surface area (Å²) in [6.07, 6.45) is 0. The Kier molecular flexibility index (Phi) is 8.56. The van der Waals surface area contributed by atoms with Gasteiger partial charge in [0.15, 0.2) is 0 Å². The summed E-state index contributed by atoms with van der Waals surface area (Å²) in [7, 11) is 0. The molecule has 0 amide bonds. The van der Waals surface area contributed by atoms with E-state index in [9.17, 15) is 0 Å². The fourth-order valence-electron chi connectivity index (χ4n) is 12.0. The molecule has 12 rings (SSSR count). The van der Waals surface area contributed by atoms with Crippen LogP contribution in [0.5, 0.6) is 0 Å². The number of benzene rings is 8. The van der Waals surface area contributed by atoms with Crippen LogP contribution in [0.1, 0.15) is 94.3 Å². The van der Waals surface area contributed by atoms with E-state index in [4.69, 9.17) is 0 Å². The summed E-state index contributed by atoms with van der Waals surface area (Å²) in [5.74, 6) is 0. The number of aryl methyl sites for hydroxylation is 3. The van der Waals surface area contributed by atoms with Crippen LogP contribution < -0.4 is 26.2 Å². The molecule has 0 saturated heterocycles. The smallest absolute Gasteiger partial charge is 0.252 e. The monoisotopic (exact) mass is 855 g/mol. The second-order valence-electron chi connectivity index (χ2n) is 22.1. The standard InChI is InChI=1S/C62H58BN3/c1-37-29-56-58-57(30-37)66(59-38(2)31-41(32-39(59)3)61(7,8)9)55-36-54-47(46-22-16-18-24-52(46)64(54)42-19-13-12-14-20-42)35-51(55)63(58)50-33-40(60(4,5)6)25-28-53(50)65(56)43-26-27-45-44-21-15-17-23-48(44)62(10,11)49(45)34-43/h12-36H,1-11H3. The molecule has 3 nitrogen and oxygen atoms in total. The van der Waals surface area contributed by atoms with Crippen molar-refractivity contribution in [3.05, 3.63) is 191 Å². The van der Waals surface area contributed by atoms with Gasteiger partial charge in [0, 0.05) is 50.3 Å². The Labute approximate surface area is 391 Å². The second kappa shape index (κ2) is 13.9. The first-order valence-electron chi connectivity index (χ1n) is 23.9. The van der Waals surface area contributed by atoms with Crippen molar-refractivity contribution >= 4 is 79.0 Å². The number of fused-ring (bicyclic) bond motifs is 10. The lowest BCUT2D eigenvalue weighted by Crippen LogP contribution is -2.61. The molecule has 3 heterocycles. The van der Waals surface area contributed by atoms with Crippen molar-refractivity contribution < 1.29 is 0 Å². The molecular formula is C62H58BN3.